The molecule has 1 atom stereocenters. The summed E-state index contributed by atoms with van der Waals surface area (Å²) in [6.07, 6.45) is 0. The van der Waals surface area contributed by atoms with Crippen LogP contribution in [0.25, 0.3) is 0 Å². The molecule has 94 valence electrons. The van der Waals surface area contributed by atoms with Crippen molar-refractivity contribution in [2.45, 2.75) is 13.0 Å². The Bertz CT molecular complexity index is 418. The molecule has 1 unspecified atom stereocenters. The second-order valence-corrected chi connectivity index (χ2v) is 4.46. The molecule has 17 heavy (non-hydrogen) atoms. The molecule has 2 amide bonds. The molecule has 0 aliphatic heterocycles. The number of anilines is 1. The Morgan fingerprint density at radius 2 is 2.24 bits per heavy atom. The molecule has 1 aromatic heterocycles. The lowest BCUT2D eigenvalue weighted by Gasteiger charge is -2.23. The number of likely N-dealkylation sites (N-methyl/N-ethyl adjacent to an activating group) is 1. The van der Waals surface area contributed by atoms with E-state index in [2.05, 4.69) is 5.32 Å². The van der Waals surface area contributed by atoms with Crippen molar-refractivity contribution in [3.63, 3.8) is 0 Å². The minimum atomic E-state index is -1.08. The number of aromatic carboxylic acids is 1. The fraction of sp³-hybridized carbons (Fsp3) is 0.400. The van der Waals surface area contributed by atoms with Gasteiger partial charge in [-0.2, -0.15) is 0 Å². The molecule has 0 radical (unpaired) electrons. The maximum Gasteiger partial charge on any atom is 0.338 e. The first-order valence-corrected chi connectivity index (χ1v) is 5.80. The van der Waals surface area contributed by atoms with E-state index in [1.165, 1.54) is 18.0 Å². The van der Waals surface area contributed by atoms with Crippen LogP contribution < -0.4 is 5.32 Å². The Balaban J connectivity index is 2.74. The molecular formula is C10H14N2O4S. The highest BCUT2D eigenvalue weighted by molar-refractivity contribution is 7.14. The van der Waals surface area contributed by atoms with Gasteiger partial charge in [-0.3, -0.25) is 5.32 Å². The van der Waals surface area contributed by atoms with Crippen molar-refractivity contribution in [3.05, 3.63) is 17.0 Å². The zero-order chi connectivity index (χ0) is 13.0. The highest BCUT2D eigenvalue weighted by atomic mass is 32.1. The molecule has 0 spiro atoms. The largest absolute Gasteiger partial charge is 0.478 e. The maximum absolute atomic E-state index is 11.7. The van der Waals surface area contributed by atoms with E-state index in [0.29, 0.717) is 5.00 Å². The molecule has 6 nitrogen and oxygen atoms in total. The topological polar surface area (TPSA) is 89.9 Å². The van der Waals surface area contributed by atoms with Crippen LogP contribution in [0.15, 0.2) is 11.4 Å². The summed E-state index contributed by atoms with van der Waals surface area (Å²) in [5, 5.41) is 22.2. The van der Waals surface area contributed by atoms with E-state index < -0.39 is 12.0 Å². The standard InChI is InChI=1S/C10H14N2O4S/c1-6(5-13)12(2)10(16)11-8-7(9(14)15)3-4-17-8/h3-4,6,13H,5H2,1-2H3,(H,11,16)(H,14,15). The Labute approximate surface area is 102 Å². The number of nitrogens with zero attached hydrogens (tertiary/aromatic N) is 1. The molecule has 0 aliphatic carbocycles. The van der Waals surface area contributed by atoms with Crippen LogP contribution in [0.1, 0.15) is 17.3 Å². The fourth-order valence-corrected chi connectivity index (χ4v) is 1.85. The average Bonchev–Trinajstić information content (AvgIpc) is 2.75. The molecule has 0 aromatic carbocycles. The molecule has 0 fully saturated rings. The molecule has 0 saturated carbocycles. The van der Waals surface area contributed by atoms with Gasteiger partial charge < -0.3 is 15.1 Å². The van der Waals surface area contributed by atoms with Crippen LogP contribution in [-0.2, 0) is 0 Å². The molecule has 1 rings (SSSR count). The van der Waals surface area contributed by atoms with Crippen LogP contribution in [0.5, 0.6) is 0 Å². The maximum atomic E-state index is 11.7. The Morgan fingerprint density at radius 1 is 1.59 bits per heavy atom. The summed E-state index contributed by atoms with van der Waals surface area (Å²) in [5.74, 6) is -1.08. The van der Waals surface area contributed by atoms with Gasteiger partial charge >= 0.3 is 12.0 Å². The van der Waals surface area contributed by atoms with Gasteiger partial charge in [0.25, 0.3) is 0 Å². The Morgan fingerprint density at radius 3 is 2.76 bits per heavy atom. The van der Waals surface area contributed by atoms with E-state index in [1.807, 2.05) is 0 Å². The quantitative estimate of drug-likeness (QED) is 0.759. The lowest BCUT2D eigenvalue weighted by Crippen LogP contribution is -2.40. The lowest BCUT2D eigenvalue weighted by molar-refractivity contribution is 0.0698. The third-order valence-corrected chi connectivity index (χ3v) is 3.19. The highest BCUT2D eigenvalue weighted by Crippen LogP contribution is 2.23. The van der Waals surface area contributed by atoms with Gasteiger partial charge in [-0.25, -0.2) is 9.59 Å². The van der Waals surface area contributed by atoms with Crippen LogP contribution in [-0.4, -0.2) is 46.8 Å². The smallest absolute Gasteiger partial charge is 0.338 e. The van der Waals surface area contributed by atoms with Gasteiger partial charge in [-0.05, 0) is 18.4 Å². The summed E-state index contributed by atoms with van der Waals surface area (Å²) in [5.41, 5.74) is 0.0633. The molecular weight excluding hydrogens is 244 g/mol. The molecule has 1 heterocycles. The van der Waals surface area contributed by atoms with Crippen molar-refractivity contribution in [3.8, 4) is 0 Å². The number of carboxylic acid groups (broad SMARTS) is 1. The van der Waals surface area contributed by atoms with Gasteiger partial charge in [0.1, 0.15) is 5.00 Å². The minimum Gasteiger partial charge on any atom is -0.478 e. The van der Waals surface area contributed by atoms with E-state index in [1.54, 1.807) is 12.3 Å². The number of carboxylic acids is 1. The first-order chi connectivity index (χ1) is 7.97. The summed E-state index contributed by atoms with van der Waals surface area (Å²) in [7, 11) is 1.53. The SMILES string of the molecule is CC(CO)N(C)C(=O)Nc1sccc1C(=O)O. The molecule has 7 heteroatoms. The summed E-state index contributed by atoms with van der Waals surface area (Å²) in [6.45, 7) is 1.53. The Kier molecular flexibility index (Phi) is 4.47. The normalized spacial score (nSPS) is 11.9. The predicted octanol–water partition coefficient (Wildman–Crippen LogP) is 1.29. The van der Waals surface area contributed by atoms with Crippen molar-refractivity contribution in [2.75, 3.05) is 19.0 Å². The molecule has 0 aliphatic rings. The summed E-state index contributed by atoms with van der Waals surface area (Å²) in [4.78, 5) is 23.8. The van der Waals surface area contributed by atoms with Gasteiger partial charge in [0.2, 0.25) is 0 Å². The van der Waals surface area contributed by atoms with Crippen molar-refractivity contribution in [1.82, 2.24) is 4.90 Å². The van der Waals surface area contributed by atoms with Crippen molar-refractivity contribution >= 4 is 28.3 Å². The molecule has 3 N–H and O–H groups in total. The van der Waals surface area contributed by atoms with Gasteiger partial charge in [-0.15, -0.1) is 11.3 Å². The highest BCUT2D eigenvalue weighted by Gasteiger charge is 2.18. The van der Waals surface area contributed by atoms with Crippen LogP contribution in [0.2, 0.25) is 0 Å². The van der Waals surface area contributed by atoms with E-state index in [4.69, 9.17) is 10.2 Å². The number of urea groups is 1. The van der Waals surface area contributed by atoms with Gasteiger partial charge in [-0.1, -0.05) is 0 Å². The second-order valence-electron chi connectivity index (χ2n) is 3.54. The minimum absolute atomic E-state index is 0.0633. The van der Waals surface area contributed by atoms with Gasteiger partial charge in [0, 0.05) is 7.05 Å². The zero-order valence-electron chi connectivity index (χ0n) is 9.51. The number of rotatable bonds is 4. The van der Waals surface area contributed by atoms with Crippen LogP contribution in [0.3, 0.4) is 0 Å². The van der Waals surface area contributed by atoms with E-state index >= 15 is 0 Å². The second kappa shape index (κ2) is 5.65. The van der Waals surface area contributed by atoms with Gasteiger partial charge in [0.05, 0.1) is 18.2 Å². The van der Waals surface area contributed by atoms with Crippen LogP contribution >= 0.6 is 11.3 Å². The summed E-state index contributed by atoms with van der Waals surface area (Å²) >= 11 is 1.14. The van der Waals surface area contributed by atoms with E-state index in [-0.39, 0.29) is 18.2 Å². The fourth-order valence-electron chi connectivity index (χ4n) is 1.08. The third kappa shape index (κ3) is 3.18. The number of carbonyl (C=O) groups excluding carboxylic acids is 1. The number of thiophene rings is 1. The van der Waals surface area contributed by atoms with Crippen molar-refractivity contribution < 1.29 is 19.8 Å². The molecule has 1 aromatic rings. The molecule has 0 bridgehead atoms. The first kappa shape index (κ1) is 13.5. The van der Waals surface area contributed by atoms with Gasteiger partial charge in [0.15, 0.2) is 0 Å². The lowest BCUT2D eigenvalue weighted by atomic mass is 10.3. The average molecular weight is 258 g/mol. The summed E-state index contributed by atoms with van der Waals surface area (Å²) < 4.78 is 0. The zero-order valence-corrected chi connectivity index (χ0v) is 10.3. The number of nitrogens with one attached hydrogen (secondary N) is 1. The molecule has 0 saturated heterocycles. The predicted molar refractivity (Wildman–Crippen MR) is 64.6 cm³/mol. The first-order valence-electron chi connectivity index (χ1n) is 4.92. The van der Waals surface area contributed by atoms with Crippen molar-refractivity contribution in [2.24, 2.45) is 0 Å². The monoisotopic (exact) mass is 258 g/mol. The number of hydrogen-bond acceptors (Lipinski definition) is 4. The number of amides is 2. The number of aliphatic hydroxyl groups is 1. The number of carbonyl (C=O) groups is 2. The van der Waals surface area contributed by atoms with Crippen LogP contribution in [0, 0.1) is 0 Å². The van der Waals surface area contributed by atoms with Crippen LogP contribution in [0.4, 0.5) is 9.80 Å². The summed E-state index contributed by atoms with van der Waals surface area (Å²) in [6, 6.07) is 0.651. The van der Waals surface area contributed by atoms with E-state index in [0.717, 1.165) is 11.3 Å². The Hall–Kier alpha value is -1.60. The number of aliphatic hydroxyl groups excluding tert-OH is 1. The third-order valence-electron chi connectivity index (χ3n) is 2.36. The van der Waals surface area contributed by atoms with E-state index in [9.17, 15) is 9.59 Å². The van der Waals surface area contributed by atoms with Crippen molar-refractivity contribution in [1.29, 1.82) is 0 Å². The number of hydrogen-bond donors (Lipinski definition) is 3.